The number of ether oxygens (including phenoxy) is 1. The van der Waals surface area contributed by atoms with Crippen LogP contribution in [0.1, 0.15) is 68.4 Å². The quantitative estimate of drug-likeness (QED) is 0.401. The van der Waals surface area contributed by atoms with Crippen molar-refractivity contribution in [3.05, 3.63) is 59.7 Å². The van der Waals surface area contributed by atoms with Crippen LogP contribution in [0.25, 0.3) is 11.1 Å². The molecule has 2 aromatic rings. The number of hydrogen-bond acceptors (Lipinski definition) is 4. The first kappa shape index (κ1) is 24.8. The zero-order valence-electron chi connectivity index (χ0n) is 20.0. The monoisotopic (exact) mass is 478 g/mol. The third-order valence-corrected chi connectivity index (χ3v) is 7.09. The van der Waals surface area contributed by atoms with Crippen molar-refractivity contribution in [2.45, 2.75) is 63.3 Å². The molecule has 35 heavy (non-hydrogen) atoms. The minimum absolute atomic E-state index is 0.0272. The molecule has 3 N–H and O–H groups in total. The number of carboxylic acids is 1. The van der Waals surface area contributed by atoms with Gasteiger partial charge in [-0.05, 0) is 54.4 Å². The van der Waals surface area contributed by atoms with Gasteiger partial charge < -0.3 is 20.5 Å². The van der Waals surface area contributed by atoms with Crippen LogP contribution in [0.3, 0.4) is 0 Å². The lowest BCUT2D eigenvalue weighted by Gasteiger charge is -2.17. The van der Waals surface area contributed by atoms with E-state index in [1.807, 2.05) is 24.3 Å². The fraction of sp³-hybridized carbons (Fsp3) is 0.464. The summed E-state index contributed by atoms with van der Waals surface area (Å²) >= 11 is 0. The van der Waals surface area contributed by atoms with Crippen LogP contribution in [0.15, 0.2) is 48.5 Å². The van der Waals surface area contributed by atoms with E-state index >= 15 is 0 Å². The summed E-state index contributed by atoms with van der Waals surface area (Å²) in [6, 6.07) is 16.4. The minimum Gasteiger partial charge on any atom is -0.481 e. The second kappa shape index (κ2) is 11.9. The zero-order valence-corrected chi connectivity index (χ0v) is 20.0. The number of benzene rings is 2. The topological polar surface area (TPSA) is 105 Å². The van der Waals surface area contributed by atoms with Crippen LogP contribution in [0.4, 0.5) is 4.79 Å². The molecule has 2 aliphatic rings. The van der Waals surface area contributed by atoms with Crippen LogP contribution in [-0.2, 0) is 14.3 Å². The average molecular weight is 479 g/mol. The molecular weight excluding hydrogens is 444 g/mol. The van der Waals surface area contributed by atoms with E-state index < -0.39 is 12.1 Å². The van der Waals surface area contributed by atoms with E-state index in [1.165, 1.54) is 22.3 Å². The molecule has 0 radical (unpaired) electrons. The van der Waals surface area contributed by atoms with Gasteiger partial charge in [-0.2, -0.15) is 0 Å². The number of carboxylic acid groups (broad SMARTS) is 1. The Balaban J connectivity index is 1.17. The maximum atomic E-state index is 12.5. The average Bonchev–Trinajstić information content (AvgIpc) is 3.44. The lowest BCUT2D eigenvalue weighted by atomic mass is 9.98. The van der Waals surface area contributed by atoms with Crippen molar-refractivity contribution in [2.75, 3.05) is 13.2 Å². The predicted octanol–water partition coefficient (Wildman–Crippen LogP) is 4.85. The van der Waals surface area contributed by atoms with Gasteiger partial charge >= 0.3 is 12.1 Å². The van der Waals surface area contributed by atoms with E-state index in [4.69, 9.17) is 9.84 Å². The maximum Gasteiger partial charge on any atom is 0.407 e. The summed E-state index contributed by atoms with van der Waals surface area (Å²) in [5, 5.41) is 14.6. The van der Waals surface area contributed by atoms with E-state index in [0.29, 0.717) is 19.4 Å². The minimum atomic E-state index is -0.763. The summed E-state index contributed by atoms with van der Waals surface area (Å²) in [6.07, 6.45) is 5.19. The molecule has 7 heteroatoms. The molecule has 0 saturated heterocycles. The molecule has 2 atom stereocenters. The lowest BCUT2D eigenvalue weighted by Crippen LogP contribution is -2.36. The van der Waals surface area contributed by atoms with Gasteiger partial charge in [-0.15, -0.1) is 0 Å². The van der Waals surface area contributed by atoms with Crippen LogP contribution < -0.4 is 10.6 Å². The maximum absolute atomic E-state index is 12.5. The van der Waals surface area contributed by atoms with E-state index in [0.717, 1.165) is 32.1 Å². The summed E-state index contributed by atoms with van der Waals surface area (Å²) in [4.78, 5) is 35.5. The zero-order chi connectivity index (χ0) is 24.6. The normalized spacial score (nSPS) is 18.5. The molecule has 0 unspecified atom stereocenters. The second-order valence-corrected chi connectivity index (χ2v) is 9.53. The van der Waals surface area contributed by atoms with Crippen LogP contribution in [-0.4, -0.2) is 42.3 Å². The number of amides is 2. The fourth-order valence-corrected chi connectivity index (χ4v) is 5.27. The first-order valence-electron chi connectivity index (χ1n) is 12.6. The highest BCUT2D eigenvalue weighted by molar-refractivity contribution is 5.80. The standard InChI is InChI=1S/C28H34N2O5/c31-26(32)13-3-1-2-8-16-29-27(33)19-14-15-20(17-19)30-28(34)35-18-25-23-11-6-4-9-21(23)22-10-5-7-12-24(22)25/h4-7,9-12,19-20,25H,1-3,8,13-18H2,(H,29,33)(H,30,34)(H,31,32)/t19-,20+/m0/s1. The van der Waals surface area contributed by atoms with E-state index in [-0.39, 0.29) is 36.8 Å². The third-order valence-electron chi connectivity index (χ3n) is 7.09. The summed E-state index contributed by atoms with van der Waals surface area (Å²) in [5.74, 6) is -0.798. The van der Waals surface area contributed by atoms with Crippen molar-refractivity contribution < 1.29 is 24.2 Å². The van der Waals surface area contributed by atoms with Crippen LogP contribution in [0.2, 0.25) is 0 Å². The number of rotatable bonds is 11. The molecular formula is C28H34N2O5. The molecule has 7 nitrogen and oxygen atoms in total. The van der Waals surface area contributed by atoms with Gasteiger partial charge in [-0.3, -0.25) is 9.59 Å². The van der Waals surface area contributed by atoms with Gasteiger partial charge in [0.15, 0.2) is 0 Å². The number of nitrogens with one attached hydrogen (secondary N) is 2. The van der Waals surface area contributed by atoms with Gasteiger partial charge in [0.1, 0.15) is 6.61 Å². The third kappa shape index (κ3) is 6.41. The van der Waals surface area contributed by atoms with Crippen molar-refractivity contribution in [3.63, 3.8) is 0 Å². The highest BCUT2D eigenvalue weighted by Gasteiger charge is 2.32. The molecule has 186 valence electrons. The Kier molecular flexibility index (Phi) is 8.40. The summed E-state index contributed by atoms with van der Waals surface area (Å²) in [5.41, 5.74) is 4.76. The van der Waals surface area contributed by atoms with E-state index in [1.54, 1.807) is 0 Å². The van der Waals surface area contributed by atoms with Gasteiger partial charge in [-0.1, -0.05) is 61.4 Å². The number of carbonyl (C=O) groups is 3. The molecule has 1 fully saturated rings. The van der Waals surface area contributed by atoms with Gasteiger partial charge in [0.2, 0.25) is 5.91 Å². The van der Waals surface area contributed by atoms with Crippen LogP contribution in [0, 0.1) is 5.92 Å². The first-order chi connectivity index (χ1) is 17.0. The second-order valence-electron chi connectivity index (χ2n) is 9.53. The number of fused-ring (bicyclic) bond motifs is 3. The van der Waals surface area contributed by atoms with Crippen LogP contribution in [0.5, 0.6) is 0 Å². The Morgan fingerprint density at radius 2 is 1.54 bits per heavy atom. The molecule has 0 aliphatic heterocycles. The highest BCUT2D eigenvalue weighted by atomic mass is 16.5. The Morgan fingerprint density at radius 1 is 0.886 bits per heavy atom. The fourth-order valence-electron chi connectivity index (χ4n) is 5.27. The van der Waals surface area contributed by atoms with Gasteiger partial charge in [0.05, 0.1) is 0 Å². The molecule has 1 saturated carbocycles. The largest absolute Gasteiger partial charge is 0.481 e. The number of aliphatic carboxylic acids is 1. The molecule has 0 aromatic heterocycles. The predicted molar refractivity (Wildman–Crippen MR) is 133 cm³/mol. The van der Waals surface area contributed by atoms with Crippen molar-refractivity contribution in [2.24, 2.45) is 5.92 Å². The van der Waals surface area contributed by atoms with E-state index in [9.17, 15) is 14.4 Å². The number of hydrogen-bond donors (Lipinski definition) is 3. The molecule has 2 aromatic carbocycles. The Bertz CT molecular complexity index is 1010. The summed E-state index contributed by atoms with van der Waals surface area (Å²) in [6.45, 7) is 0.885. The Morgan fingerprint density at radius 3 is 2.23 bits per heavy atom. The number of alkyl carbamates (subject to hydrolysis) is 1. The van der Waals surface area contributed by atoms with Crippen LogP contribution >= 0.6 is 0 Å². The van der Waals surface area contributed by atoms with E-state index in [2.05, 4.69) is 34.9 Å². The lowest BCUT2D eigenvalue weighted by molar-refractivity contribution is -0.137. The number of carbonyl (C=O) groups excluding carboxylic acids is 2. The molecule has 0 spiro atoms. The number of unbranched alkanes of at least 4 members (excludes halogenated alkanes) is 3. The smallest absolute Gasteiger partial charge is 0.407 e. The van der Waals surface area contributed by atoms with Crippen molar-refractivity contribution in [1.82, 2.24) is 10.6 Å². The first-order valence-corrected chi connectivity index (χ1v) is 12.6. The van der Waals surface area contributed by atoms with Crippen molar-refractivity contribution >= 4 is 18.0 Å². The molecule has 0 bridgehead atoms. The van der Waals surface area contributed by atoms with Gasteiger partial charge in [0.25, 0.3) is 0 Å². The molecule has 2 aliphatic carbocycles. The van der Waals surface area contributed by atoms with Gasteiger partial charge in [-0.25, -0.2) is 4.79 Å². The SMILES string of the molecule is O=C(O)CCCCCCNC(=O)[C@H]1CC[C@@H](NC(=O)OCC2c3ccccc3-c3ccccc32)C1. The van der Waals surface area contributed by atoms with Crippen molar-refractivity contribution in [3.8, 4) is 11.1 Å². The van der Waals surface area contributed by atoms with Crippen molar-refractivity contribution in [1.29, 1.82) is 0 Å². The Labute approximate surface area is 206 Å². The Hall–Kier alpha value is -3.35. The van der Waals surface area contributed by atoms with Gasteiger partial charge in [0, 0.05) is 30.8 Å². The molecule has 2 amide bonds. The summed E-state index contributed by atoms with van der Waals surface area (Å²) < 4.78 is 5.64. The highest BCUT2D eigenvalue weighted by Crippen LogP contribution is 2.44. The molecule has 4 rings (SSSR count). The molecule has 0 heterocycles. The summed E-state index contributed by atoms with van der Waals surface area (Å²) in [7, 11) is 0.